The van der Waals surface area contributed by atoms with E-state index in [9.17, 15) is 4.79 Å². The highest BCUT2D eigenvalue weighted by atomic mass is 16.5. The first kappa shape index (κ1) is 12.8. The van der Waals surface area contributed by atoms with Crippen molar-refractivity contribution in [2.45, 2.75) is 6.92 Å². The second-order valence-electron chi connectivity index (χ2n) is 3.80. The monoisotopic (exact) mass is 258 g/mol. The van der Waals surface area contributed by atoms with Crippen molar-refractivity contribution in [3.05, 3.63) is 36.5 Å². The van der Waals surface area contributed by atoms with Gasteiger partial charge in [0.2, 0.25) is 11.8 Å². The predicted molar refractivity (Wildman–Crippen MR) is 72.6 cm³/mol. The van der Waals surface area contributed by atoms with Crippen molar-refractivity contribution < 1.29 is 9.53 Å². The van der Waals surface area contributed by atoms with Crippen LogP contribution in [0.1, 0.15) is 6.92 Å². The Kier molecular flexibility index (Phi) is 3.92. The molecule has 1 amide bonds. The van der Waals surface area contributed by atoms with Gasteiger partial charge in [0.1, 0.15) is 11.6 Å². The molecule has 0 aliphatic heterocycles. The molecule has 2 aromatic heterocycles. The largest absolute Gasteiger partial charge is 0.481 e. The van der Waals surface area contributed by atoms with Crippen LogP contribution in [0.15, 0.2) is 36.5 Å². The highest BCUT2D eigenvalue weighted by Gasteiger charge is 2.00. The molecule has 2 heterocycles. The van der Waals surface area contributed by atoms with Gasteiger partial charge in [0.25, 0.3) is 0 Å². The third-order valence-corrected chi connectivity index (χ3v) is 2.27. The van der Waals surface area contributed by atoms with Crippen molar-refractivity contribution in [2.75, 3.05) is 17.7 Å². The minimum Gasteiger partial charge on any atom is -0.481 e. The predicted octanol–water partition coefficient (Wildman–Crippen LogP) is 2.19. The summed E-state index contributed by atoms with van der Waals surface area (Å²) in [5.41, 5.74) is 0.773. The Morgan fingerprint density at radius 1 is 1.21 bits per heavy atom. The van der Waals surface area contributed by atoms with Crippen molar-refractivity contribution in [3.63, 3.8) is 0 Å². The van der Waals surface area contributed by atoms with Gasteiger partial charge >= 0.3 is 0 Å². The van der Waals surface area contributed by atoms with Crippen LogP contribution >= 0.6 is 0 Å². The van der Waals surface area contributed by atoms with E-state index in [0.29, 0.717) is 17.5 Å². The van der Waals surface area contributed by atoms with E-state index < -0.39 is 0 Å². The summed E-state index contributed by atoms with van der Waals surface area (Å²) in [7, 11) is 1.57. The van der Waals surface area contributed by atoms with E-state index in [-0.39, 0.29) is 5.91 Å². The van der Waals surface area contributed by atoms with Crippen LogP contribution in [0, 0.1) is 0 Å². The maximum Gasteiger partial charge on any atom is 0.222 e. The number of nitrogens with one attached hydrogen (secondary N) is 2. The molecular weight excluding hydrogens is 244 g/mol. The zero-order valence-electron chi connectivity index (χ0n) is 10.7. The van der Waals surface area contributed by atoms with Gasteiger partial charge in [-0.1, -0.05) is 6.07 Å². The Balaban J connectivity index is 2.08. The van der Waals surface area contributed by atoms with E-state index in [0.717, 1.165) is 5.69 Å². The third kappa shape index (κ3) is 3.67. The number of pyridine rings is 2. The van der Waals surface area contributed by atoms with Gasteiger partial charge in [-0.25, -0.2) is 4.98 Å². The van der Waals surface area contributed by atoms with Gasteiger partial charge < -0.3 is 15.4 Å². The minimum absolute atomic E-state index is 0.150. The average molecular weight is 258 g/mol. The zero-order valence-corrected chi connectivity index (χ0v) is 10.7. The van der Waals surface area contributed by atoms with Gasteiger partial charge in [-0.15, -0.1) is 0 Å². The zero-order chi connectivity index (χ0) is 13.7. The fraction of sp³-hybridized carbons (Fsp3) is 0.154. The molecule has 0 unspecified atom stereocenters. The Morgan fingerprint density at radius 2 is 2.05 bits per heavy atom. The van der Waals surface area contributed by atoms with Crippen molar-refractivity contribution in [3.8, 4) is 5.88 Å². The number of hydrogen-bond donors (Lipinski definition) is 2. The molecule has 0 atom stereocenters. The number of nitrogens with zero attached hydrogens (tertiary/aromatic N) is 2. The summed E-state index contributed by atoms with van der Waals surface area (Å²) in [6, 6.07) is 8.95. The molecule has 0 aliphatic rings. The minimum atomic E-state index is -0.150. The number of carbonyl (C=O) groups is 1. The lowest BCUT2D eigenvalue weighted by molar-refractivity contribution is -0.114. The van der Waals surface area contributed by atoms with Crippen LogP contribution in [0.3, 0.4) is 0 Å². The fourth-order valence-electron chi connectivity index (χ4n) is 1.47. The number of ether oxygens (including phenoxy) is 1. The maximum atomic E-state index is 10.9. The van der Waals surface area contributed by atoms with E-state index in [4.69, 9.17) is 4.74 Å². The molecule has 0 bridgehead atoms. The van der Waals surface area contributed by atoms with Crippen LogP contribution in [-0.4, -0.2) is 23.0 Å². The summed E-state index contributed by atoms with van der Waals surface area (Å²) < 4.78 is 5.04. The van der Waals surface area contributed by atoms with Gasteiger partial charge in [0.15, 0.2) is 0 Å². The first-order chi connectivity index (χ1) is 9.17. The van der Waals surface area contributed by atoms with E-state index in [1.54, 1.807) is 31.5 Å². The Morgan fingerprint density at radius 3 is 2.68 bits per heavy atom. The lowest BCUT2D eigenvalue weighted by Crippen LogP contribution is -2.07. The Hall–Kier alpha value is -2.63. The number of carbonyl (C=O) groups excluding carboxylic acids is 1. The van der Waals surface area contributed by atoms with E-state index >= 15 is 0 Å². The van der Waals surface area contributed by atoms with Gasteiger partial charge in [-0.05, 0) is 18.2 Å². The van der Waals surface area contributed by atoms with Crippen molar-refractivity contribution >= 4 is 23.2 Å². The van der Waals surface area contributed by atoms with Gasteiger partial charge in [-0.2, -0.15) is 4.98 Å². The molecule has 0 fully saturated rings. The molecule has 2 rings (SSSR count). The van der Waals surface area contributed by atoms with Crippen LogP contribution in [0.2, 0.25) is 0 Å². The summed E-state index contributed by atoms with van der Waals surface area (Å²) in [5, 5.41) is 5.69. The molecule has 0 saturated carbocycles. The summed E-state index contributed by atoms with van der Waals surface area (Å²) in [4.78, 5) is 19.2. The number of methoxy groups -OCH3 is 1. The molecule has 98 valence electrons. The second-order valence-corrected chi connectivity index (χ2v) is 3.80. The molecule has 6 nitrogen and oxygen atoms in total. The molecule has 2 aromatic rings. The maximum absolute atomic E-state index is 10.9. The van der Waals surface area contributed by atoms with Crippen LogP contribution in [0.4, 0.5) is 17.3 Å². The molecular formula is C13H14N4O2. The molecule has 0 spiro atoms. The lowest BCUT2D eigenvalue weighted by atomic mass is 10.3. The topological polar surface area (TPSA) is 76.1 Å². The van der Waals surface area contributed by atoms with Crippen LogP contribution in [0.25, 0.3) is 0 Å². The molecule has 6 heteroatoms. The average Bonchev–Trinajstić information content (AvgIpc) is 2.41. The second kappa shape index (κ2) is 5.81. The van der Waals surface area contributed by atoms with Crippen LogP contribution in [-0.2, 0) is 4.79 Å². The summed E-state index contributed by atoms with van der Waals surface area (Å²) in [5.74, 6) is 1.56. The van der Waals surface area contributed by atoms with Gasteiger partial charge in [0, 0.05) is 13.0 Å². The van der Waals surface area contributed by atoms with E-state index in [1.807, 2.05) is 12.1 Å². The molecule has 0 radical (unpaired) electrons. The first-order valence-electron chi connectivity index (χ1n) is 5.69. The van der Waals surface area contributed by atoms with Gasteiger partial charge in [0.05, 0.1) is 19.0 Å². The van der Waals surface area contributed by atoms with Crippen LogP contribution in [0.5, 0.6) is 5.88 Å². The molecule has 2 N–H and O–H groups in total. The quantitative estimate of drug-likeness (QED) is 0.879. The first-order valence-corrected chi connectivity index (χ1v) is 5.69. The van der Waals surface area contributed by atoms with Crippen LogP contribution < -0.4 is 15.4 Å². The SMILES string of the molecule is COc1cccc(Nc2ccc(NC(C)=O)nc2)n1. The molecule has 0 aromatic carbocycles. The number of rotatable bonds is 4. The normalized spacial score (nSPS) is 9.79. The lowest BCUT2D eigenvalue weighted by Gasteiger charge is -2.07. The molecule has 0 saturated heterocycles. The van der Waals surface area contributed by atoms with Crippen molar-refractivity contribution in [1.82, 2.24) is 9.97 Å². The highest BCUT2D eigenvalue weighted by molar-refractivity contribution is 5.87. The summed E-state index contributed by atoms with van der Waals surface area (Å²) in [6.45, 7) is 1.44. The van der Waals surface area contributed by atoms with Gasteiger partial charge in [-0.3, -0.25) is 4.79 Å². The number of hydrogen-bond acceptors (Lipinski definition) is 5. The van der Waals surface area contributed by atoms with E-state index in [1.165, 1.54) is 6.92 Å². The standard InChI is InChI=1S/C13H14N4O2/c1-9(18)15-11-7-6-10(8-14-11)16-12-4-3-5-13(17-12)19-2/h3-8H,1-2H3,(H,16,17)(H,14,15,18). The number of aromatic nitrogens is 2. The van der Waals surface area contributed by atoms with E-state index in [2.05, 4.69) is 20.6 Å². The molecule has 19 heavy (non-hydrogen) atoms. The number of anilines is 3. The Labute approximate surface area is 110 Å². The fourth-order valence-corrected chi connectivity index (χ4v) is 1.47. The highest BCUT2D eigenvalue weighted by Crippen LogP contribution is 2.17. The van der Waals surface area contributed by atoms with Crippen molar-refractivity contribution in [1.29, 1.82) is 0 Å². The van der Waals surface area contributed by atoms with Crippen molar-refractivity contribution in [2.24, 2.45) is 0 Å². The summed E-state index contributed by atoms with van der Waals surface area (Å²) >= 11 is 0. The third-order valence-electron chi connectivity index (χ3n) is 2.27. The molecule has 0 aliphatic carbocycles. The Bertz CT molecular complexity index is 569. The summed E-state index contributed by atoms with van der Waals surface area (Å²) in [6.07, 6.45) is 1.62. The smallest absolute Gasteiger partial charge is 0.222 e. The number of amides is 1.